The van der Waals surface area contributed by atoms with Crippen molar-refractivity contribution in [1.29, 1.82) is 0 Å². The van der Waals surface area contributed by atoms with Gasteiger partial charge in [-0.25, -0.2) is 4.79 Å². The van der Waals surface area contributed by atoms with E-state index < -0.39 is 0 Å². The summed E-state index contributed by atoms with van der Waals surface area (Å²) in [6.45, 7) is 8.48. The van der Waals surface area contributed by atoms with Crippen molar-refractivity contribution in [3.05, 3.63) is 0 Å². The van der Waals surface area contributed by atoms with Crippen molar-refractivity contribution in [3.8, 4) is 0 Å². The molecule has 17 heavy (non-hydrogen) atoms. The normalized spacial score (nSPS) is 31.2. The van der Waals surface area contributed by atoms with Crippen molar-refractivity contribution in [2.45, 2.75) is 39.2 Å². The number of carbonyl (C=O) groups is 1. The Balaban J connectivity index is 1.93. The summed E-state index contributed by atoms with van der Waals surface area (Å²) in [6, 6.07) is 0.217. The molecule has 0 radical (unpaired) electrons. The third-order valence-corrected chi connectivity index (χ3v) is 3.65. The van der Waals surface area contributed by atoms with Gasteiger partial charge in [0.2, 0.25) is 0 Å². The number of piperidine rings is 1. The highest BCUT2D eigenvalue weighted by Crippen LogP contribution is 2.18. The van der Waals surface area contributed by atoms with Crippen LogP contribution in [0.15, 0.2) is 0 Å². The lowest BCUT2D eigenvalue weighted by molar-refractivity contribution is 0.0662. The Hall–Kier alpha value is -0.770. The molecule has 0 N–H and O–H groups in total. The maximum absolute atomic E-state index is 12.4. The maximum atomic E-state index is 12.4. The summed E-state index contributed by atoms with van der Waals surface area (Å²) < 4.78 is 5.58. The van der Waals surface area contributed by atoms with Crippen LogP contribution in [0.5, 0.6) is 0 Å². The first kappa shape index (κ1) is 12.7. The lowest BCUT2D eigenvalue weighted by atomic mass is 10.0. The predicted octanol–water partition coefficient (Wildman–Crippen LogP) is 1.95. The highest BCUT2D eigenvalue weighted by atomic mass is 16.5. The minimum absolute atomic E-state index is 0.170. The number of likely N-dealkylation sites (tertiary alicyclic amines) is 1. The third-order valence-electron chi connectivity index (χ3n) is 3.65. The number of rotatable bonds is 0. The smallest absolute Gasteiger partial charge is 0.320 e. The SMILES string of the molecule is CC1CCCN(C(=O)N2CCCOC(C)C2)C1. The number of urea groups is 1. The quantitative estimate of drug-likeness (QED) is 0.648. The first-order valence-corrected chi connectivity index (χ1v) is 6.82. The van der Waals surface area contributed by atoms with Gasteiger partial charge in [0.25, 0.3) is 0 Å². The summed E-state index contributed by atoms with van der Waals surface area (Å²) in [5.74, 6) is 0.647. The first-order chi connectivity index (χ1) is 8.16. The van der Waals surface area contributed by atoms with E-state index in [0.717, 1.165) is 45.6 Å². The second-order valence-electron chi connectivity index (χ2n) is 5.46. The maximum Gasteiger partial charge on any atom is 0.320 e. The van der Waals surface area contributed by atoms with Gasteiger partial charge in [0.15, 0.2) is 0 Å². The summed E-state index contributed by atoms with van der Waals surface area (Å²) in [7, 11) is 0. The molecule has 98 valence electrons. The minimum atomic E-state index is 0.170. The van der Waals surface area contributed by atoms with Crippen LogP contribution in [0.3, 0.4) is 0 Å². The zero-order valence-corrected chi connectivity index (χ0v) is 11.0. The molecular formula is C13H24N2O2. The molecule has 2 rings (SSSR count). The Labute approximate surface area is 104 Å². The van der Waals surface area contributed by atoms with E-state index in [-0.39, 0.29) is 12.1 Å². The van der Waals surface area contributed by atoms with Gasteiger partial charge in [0, 0.05) is 32.8 Å². The van der Waals surface area contributed by atoms with Crippen molar-refractivity contribution in [3.63, 3.8) is 0 Å². The molecule has 2 amide bonds. The topological polar surface area (TPSA) is 32.8 Å². The van der Waals surface area contributed by atoms with Crippen molar-refractivity contribution < 1.29 is 9.53 Å². The fourth-order valence-electron chi connectivity index (χ4n) is 2.73. The van der Waals surface area contributed by atoms with E-state index >= 15 is 0 Å². The first-order valence-electron chi connectivity index (χ1n) is 6.82. The summed E-state index contributed by atoms with van der Waals surface area (Å²) in [4.78, 5) is 16.4. The molecule has 2 heterocycles. The lowest BCUT2D eigenvalue weighted by Gasteiger charge is -2.35. The van der Waals surface area contributed by atoms with E-state index in [1.165, 1.54) is 6.42 Å². The standard InChI is InChI=1S/C13H24N2O2/c1-11-5-3-6-14(9-11)13(16)15-7-4-8-17-12(2)10-15/h11-12H,3-10H2,1-2H3. The fraction of sp³-hybridized carbons (Fsp3) is 0.923. The van der Waals surface area contributed by atoms with Crippen LogP contribution < -0.4 is 0 Å². The summed E-state index contributed by atoms with van der Waals surface area (Å²) in [5.41, 5.74) is 0. The zero-order valence-electron chi connectivity index (χ0n) is 11.0. The lowest BCUT2D eigenvalue weighted by Crippen LogP contribution is -2.48. The van der Waals surface area contributed by atoms with Crippen LogP contribution in [0.25, 0.3) is 0 Å². The Morgan fingerprint density at radius 3 is 2.59 bits per heavy atom. The summed E-state index contributed by atoms with van der Waals surface area (Å²) >= 11 is 0. The molecule has 0 aromatic heterocycles. The van der Waals surface area contributed by atoms with Crippen LogP contribution in [0.1, 0.15) is 33.1 Å². The van der Waals surface area contributed by atoms with Crippen molar-refractivity contribution >= 4 is 6.03 Å². The fourth-order valence-corrected chi connectivity index (χ4v) is 2.73. The predicted molar refractivity (Wildman–Crippen MR) is 67.0 cm³/mol. The Morgan fingerprint density at radius 2 is 1.82 bits per heavy atom. The molecule has 0 aliphatic carbocycles. The number of hydrogen-bond acceptors (Lipinski definition) is 2. The molecule has 2 fully saturated rings. The van der Waals surface area contributed by atoms with Crippen LogP contribution in [-0.4, -0.2) is 54.7 Å². The molecule has 0 bridgehead atoms. The van der Waals surface area contributed by atoms with Crippen LogP contribution in [0, 0.1) is 5.92 Å². The average Bonchev–Trinajstić information content (AvgIpc) is 2.53. The highest BCUT2D eigenvalue weighted by Gasteiger charge is 2.27. The second-order valence-corrected chi connectivity index (χ2v) is 5.46. The van der Waals surface area contributed by atoms with Crippen molar-refractivity contribution in [2.75, 3.05) is 32.8 Å². The number of ether oxygens (including phenoxy) is 1. The molecule has 0 aromatic carbocycles. The number of nitrogens with zero attached hydrogens (tertiary/aromatic N) is 2. The summed E-state index contributed by atoms with van der Waals surface area (Å²) in [5, 5.41) is 0. The molecule has 2 aliphatic heterocycles. The minimum Gasteiger partial charge on any atom is -0.377 e. The molecule has 2 unspecified atom stereocenters. The largest absolute Gasteiger partial charge is 0.377 e. The Bertz CT molecular complexity index is 270. The molecule has 2 aliphatic rings. The molecule has 4 nitrogen and oxygen atoms in total. The van der Waals surface area contributed by atoms with Gasteiger partial charge in [-0.15, -0.1) is 0 Å². The Morgan fingerprint density at radius 1 is 1.12 bits per heavy atom. The van der Waals surface area contributed by atoms with E-state index in [2.05, 4.69) is 6.92 Å². The molecule has 2 atom stereocenters. The summed E-state index contributed by atoms with van der Waals surface area (Å²) in [6.07, 6.45) is 3.53. The molecule has 2 saturated heterocycles. The van der Waals surface area contributed by atoms with Crippen molar-refractivity contribution in [1.82, 2.24) is 9.80 Å². The van der Waals surface area contributed by atoms with Gasteiger partial charge in [0.1, 0.15) is 0 Å². The van der Waals surface area contributed by atoms with E-state index in [0.29, 0.717) is 5.92 Å². The zero-order chi connectivity index (χ0) is 12.3. The van der Waals surface area contributed by atoms with Gasteiger partial charge in [-0.1, -0.05) is 6.92 Å². The van der Waals surface area contributed by atoms with Gasteiger partial charge in [-0.05, 0) is 32.1 Å². The van der Waals surface area contributed by atoms with Crippen molar-refractivity contribution in [2.24, 2.45) is 5.92 Å². The van der Waals surface area contributed by atoms with Crippen LogP contribution in [-0.2, 0) is 4.74 Å². The average molecular weight is 240 g/mol. The highest BCUT2D eigenvalue weighted by molar-refractivity contribution is 5.74. The Kier molecular flexibility index (Phi) is 4.26. The molecule has 0 spiro atoms. The third kappa shape index (κ3) is 3.35. The monoisotopic (exact) mass is 240 g/mol. The number of hydrogen-bond donors (Lipinski definition) is 0. The van der Waals surface area contributed by atoms with Gasteiger partial charge >= 0.3 is 6.03 Å². The van der Waals surface area contributed by atoms with Crippen LogP contribution in [0.2, 0.25) is 0 Å². The van der Waals surface area contributed by atoms with Gasteiger partial charge in [0.05, 0.1) is 6.10 Å². The molecule has 4 heteroatoms. The van der Waals surface area contributed by atoms with E-state index in [9.17, 15) is 4.79 Å². The number of amides is 2. The van der Waals surface area contributed by atoms with Crippen LogP contribution in [0.4, 0.5) is 4.79 Å². The number of carbonyl (C=O) groups excluding carboxylic acids is 1. The van der Waals surface area contributed by atoms with Gasteiger partial charge in [-0.2, -0.15) is 0 Å². The molecular weight excluding hydrogens is 216 g/mol. The van der Waals surface area contributed by atoms with Gasteiger partial charge < -0.3 is 14.5 Å². The van der Waals surface area contributed by atoms with Gasteiger partial charge in [-0.3, -0.25) is 0 Å². The molecule has 0 aromatic rings. The molecule has 0 saturated carbocycles. The second kappa shape index (κ2) is 5.71. The van der Waals surface area contributed by atoms with E-state index in [1.807, 2.05) is 16.7 Å². The van der Waals surface area contributed by atoms with E-state index in [1.54, 1.807) is 0 Å². The van der Waals surface area contributed by atoms with Crippen LogP contribution >= 0.6 is 0 Å². The van der Waals surface area contributed by atoms with E-state index in [4.69, 9.17) is 4.74 Å².